The Kier molecular flexibility index (Phi) is 7.41. The average molecular weight is 774 g/mol. The predicted molar refractivity (Wildman–Crippen MR) is 245 cm³/mol. The highest BCUT2D eigenvalue weighted by Crippen LogP contribution is 2.70. The van der Waals surface area contributed by atoms with Crippen molar-refractivity contribution in [3.8, 4) is 22.3 Å². The molecule has 1 heteroatoms. The molecule has 8 bridgehead atoms. The van der Waals surface area contributed by atoms with Gasteiger partial charge in [-0.2, -0.15) is 0 Å². The molecule has 0 aliphatic heterocycles. The molecule has 1 spiro atoms. The van der Waals surface area contributed by atoms with Gasteiger partial charge in [0.1, 0.15) is 0 Å². The van der Waals surface area contributed by atoms with E-state index in [9.17, 15) is 0 Å². The molecular formula is C58H63N. The molecule has 0 amide bonds. The first kappa shape index (κ1) is 35.6. The van der Waals surface area contributed by atoms with Gasteiger partial charge < -0.3 is 4.90 Å². The van der Waals surface area contributed by atoms with Gasteiger partial charge in [-0.05, 0) is 228 Å². The topological polar surface area (TPSA) is 3.24 Å². The molecule has 0 aromatic heterocycles. The van der Waals surface area contributed by atoms with Crippen LogP contribution in [0.2, 0.25) is 0 Å². The second-order valence-electron chi connectivity index (χ2n) is 23.1. The summed E-state index contributed by atoms with van der Waals surface area (Å²) < 4.78 is 0. The zero-order chi connectivity index (χ0) is 39.5. The summed E-state index contributed by atoms with van der Waals surface area (Å²) in [7, 11) is 0. The summed E-state index contributed by atoms with van der Waals surface area (Å²) in [4.78, 5) is 2.61. The first-order valence-corrected chi connectivity index (χ1v) is 24.0. The summed E-state index contributed by atoms with van der Waals surface area (Å²) >= 11 is 0. The standard InChI is InChI=1S/C58H63N/c1-55(2)21-22-56(3,4)54-31-42(11-20-52(54)55)41-9-14-46(15-10-41)59(47-16-12-43(13-17-47)57-33-38-24-39(34-57)26-40(25-38)35-57)48-18-19-50-49-7-5-6-8-51(49)58(53(50)32-48)44-27-36-23-37(29-44)30-45(58)28-36/h5-20,31-32,36-40,44-45H,21-30,33-35H2,1-4H3. The maximum Gasteiger partial charge on any atom is 0.0465 e. The van der Waals surface area contributed by atoms with Crippen LogP contribution in [0.15, 0.2) is 109 Å². The Bertz CT molecular complexity index is 2430. The molecule has 0 unspecified atom stereocenters. The van der Waals surface area contributed by atoms with E-state index in [-0.39, 0.29) is 16.2 Å². The van der Waals surface area contributed by atoms with Gasteiger partial charge in [0.05, 0.1) is 0 Å². The lowest BCUT2D eigenvalue weighted by atomic mass is 9.43. The molecule has 0 heterocycles. The Hall–Kier alpha value is -4.10. The Balaban J connectivity index is 0.928. The highest BCUT2D eigenvalue weighted by Gasteiger charge is 2.61. The molecule has 0 radical (unpaired) electrons. The van der Waals surface area contributed by atoms with Crippen LogP contribution in [-0.4, -0.2) is 0 Å². The maximum atomic E-state index is 2.69. The van der Waals surface area contributed by atoms with Crippen LogP contribution in [0.4, 0.5) is 17.1 Å². The molecule has 10 aliphatic rings. The third-order valence-corrected chi connectivity index (χ3v) is 18.9. The molecule has 0 N–H and O–H groups in total. The van der Waals surface area contributed by atoms with E-state index in [1.165, 1.54) is 134 Å². The Morgan fingerprint density at radius 3 is 1.59 bits per heavy atom. The van der Waals surface area contributed by atoms with Crippen molar-refractivity contribution < 1.29 is 0 Å². The fraction of sp³-hybridized carbons (Fsp3) is 0.483. The van der Waals surface area contributed by atoms with Crippen LogP contribution >= 0.6 is 0 Å². The lowest BCUT2D eigenvalue weighted by molar-refractivity contribution is -0.0399. The van der Waals surface area contributed by atoms with Gasteiger partial charge in [0, 0.05) is 22.5 Å². The van der Waals surface area contributed by atoms with E-state index in [1.54, 1.807) is 16.7 Å². The molecule has 10 aliphatic carbocycles. The van der Waals surface area contributed by atoms with Crippen molar-refractivity contribution in [3.05, 3.63) is 137 Å². The van der Waals surface area contributed by atoms with E-state index in [1.807, 2.05) is 0 Å². The molecule has 300 valence electrons. The van der Waals surface area contributed by atoms with Gasteiger partial charge in [0.2, 0.25) is 0 Å². The molecule has 8 fully saturated rings. The Labute approximate surface area is 354 Å². The lowest BCUT2D eigenvalue weighted by Gasteiger charge is -2.61. The fourth-order valence-corrected chi connectivity index (χ4v) is 16.7. The van der Waals surface area contributed by atoms with Gasteiger partial charge in [-0.25, -0.2) is 0 Å². The van der Waals surface area contributed by atoms with Crippen LogP contribution < -0.4 is 4.90 Å². The van der Waals surface area contributed by atoms with Crippen molar-refractivity contribution in [1.82, 2.24) is 0 Å². The largest absolute Gasteiger partial charge is 0.310 e. The van der Waals surface area contributed by atoms with Crippen LogP contribution in [0.1, 0.15) is 139 Å². The summed E-state index contributed by atoms with van der Waals surface area (Å²) in [6.07, 6.45) is 18.4. The lowest BCUT2D eigenvalue weighted by Crippen LogP contribution is -2.55. The summed E-state index contributed by atoms with van der Waals surface area (Å²) in [5, 5.41) is 0. The highest BCUT2D eigenvalue weighted by molar-refractivity contribution is 5.87. The predicted octanol–water partition coefficient (Wildman–Crippen LogP) is 15.4. The van der Waals surface area contributed by atoms with Crippen LogP contribution in [0, 0.1) is 41.4 Å². The van der Waals surface area contributed by atoms with Crippen molar-refractivity contribution >= 4 is 17.1 Å². The second kappa shape index (κ2) is 12.3. The summed E-state index contributed by atoms with van der Waals surface area (Å²) in [5.41, 5.74) is 18.5. The number of hydrogen-bond acceptors (Lipinski definition) is 1. The highest BCUT2D eigenvalue weighted by atomic mass is 15.1. The number of fused-ring (bicyclic) bond motifs is 4. The molecule has 1 nitrogen and oxygen atoms in total. The monoisotopic (exact) mass is 773 g/mol. The molecule has 8 saturated carbocycles. The normalized spacial score (nSPS) is 34.5. The van der Waals surface area contributed by atoms with E-state index < -0.39 is 0 Å². The summed E-state index contributed by atoms with van der Waals surface area (Å²) in [5.74, 6) is 6.27. The number of rotatable bonds is 5. The third-order valence-electron chi connectivity index (χ3n) is 18.9. The van der Waals surface area contributed by atoms with E-state index in [2.05, 4.69) is 142 Å². The minimum atomic E-state index is 0.155. The molecular weight excluding hydrogens is 711 g/mol. The van der Waals surface area contributed by atoms with Gasteiger partial charge in [0.25, 0.3) is 0 Å². The van der Waals surface area contributed by atoms with Crippen LogP contribution in [0.25, 0.3) is 22.3 Å². The number of hydrogen-bond donors (Lipinski definition) is 0. The molecule has 5 aromatic rings. The van der Waals surface area contributed by atoms with Crippen LogP contribution in [0.3, 0.4) is 0 Å². The van der Waals surface area contributed by atoms with E-state index >= 15 is 0 Å². The van der Waals surface area contributed by atoms with E-state index in [0.29, 0.717) is 5.41 Å². The maximum absolute atomic E-state index is 2.69. The first-order chi connectivity index (χ1) is 28.6. The van der Waals surface area contributed by atoms with Crippen molar-refractivity contribution in [2.75, 3.05) is 4.90 Å². The Morgan fingerprint density at radius 1 is 0.424 bits per heavy atom. The van der Waals surface area contributed by atoms with Gasteiger partial charge in [-0.3, -0.25) is 0 Å². The van der Waals surface area contributed by atoms with Crippen molar-refractivity contribution in [1.29, 1.82) is 0 Å². The fourth-order valence-electron chi connectivity index (χ4n) is 16.7. The summed E-state index contributed by atoms with van der Waals surface area (Å²) in [6.45, 7) is 9.76. The van der Waals surface area contributed by atoms with Gasteiger partial charge >= 0.3 is 0 Å². The molecule has 59 heavy (non-hydrogen) atoms. The van der Waals surface area contributed by atoms with Crippen molar-refractivity contribution in [2.24, 2.45) is 41.4 Å². The zero-order valence-electron chi connectivity index (χ0n) is 36.1. The molecule has 5 aromatic carbocycles. The van der Waals surface area contributed by atoms with E-state index in [4.69, 9.17) is 0 Å². The molecule has 15 rings (SSSR count). The second-order valence-corrected chi connectivity index (χ2v) is 23.1. The quantitative estimate of drug-likeness (QED) is 0.172. The van der Waals surface area contributed by atoms with Gasteiger partial charge in [-0.1, -0.05) is 100 Å². The zero-order valence-corrected chi connectivity index (χ0v) is 36.1. The summed E-state index contributed by atoms with van der Waals surface area (Å²) in [6, 6.07) is 44.3. The van der Waals surface area contributed by atoms with E-state index in [0.717, 1.165) is 41.4 Å². The SMILES string of the molecule is CC1(C)CCC(C)(C)c2cc(-c3ccc(N(c4ccc(C56CC7CC(CC(C7)C5)C6)cc4)c4ccc5c(c4)C4(c6ccccc6-5)C5CC6CC(C5)CC4C6)cc3)ccc21. The minimum Gasteiger partial charge on any atom is -0.310 e. The minimum absolute atomic E-state index is 0.155. The smallest absolute Gasteiger partial charge is 0.0465 e. The number of anilines is 3. The number of benzene rings is 5. The third kappa shape index (κ3) is 5.09. The first-order valence-electron chi connectivity index (χ1n) is 24.0. The molecule has 0 saturated heterocycles. The number of nitrogens with zero attached hydrogens (tertiary/aromatic N) is 1. The van der Waals surface area contributed by atoms with Gasteiger partial charge in [0.15, 0.2) is 0 Å². The van der Waals surface area contributed by atoms with Crippen LogP contribution in [-0.2, 0) is 21.7 Å². The Morgan fingerprint density at radius 2 is 0.949 bits per heavy atom. The van der Waals surface area contributed by atoms with Crippen molar-refractivity contribution in [2.45, 2.75) is 133 Å². The average Bonchev–Trinajstić information content (AvgIpc) is 3.51. The van der Waals surface area contributed by atoms with Crippen molar-refractivity contribution in [3.63, 3.8) is 0 Å². The van der Waals surface area contributed by atoms with Crippen LogP contribution in [0.5, 0.6) is 0 Å². The van der Waals surface area contributed by atoms with Gasteiger partial charge in [-0.15, -0.1) is 0 Å². The molecule has 0 atom stereocenters.